The normalized spacial score (nSPS) is 19.3. The number of hydrogen-bond acceptors (Lipinski definition) is 5. The minimum Gasteiger partial charge on any atom is -0.490 e. The molecule has 2 rings (SSSR count). The van der Waals surface area contributed by atoms with Gasteiger partial charge in [-0.3, -0.25) is 0 Å². The van der Waals surface area contributed by atoms with Crippen LogP contribution in [0.1, 0.15) is 19.3 Å². The van der Waals surface area contributed by atoms with Crippen molar-refractivity contribution in [3.05, 3.63) is 24.3 Å². The van der Waals surface area contributed by atoms with E-state index < -0.39 is 10.0 Å². The van der Waals surface area contributed by atoms with Crippen LogP contribution in [0.2, 0.25) is 0 Å². The van der Waals surface area contributed by atoms with Crippen LogP contribution in [0, 0.1) is 0 Å². The highest BCUT2D eigenvalue weighted by atomic mass is 32.2. The van der Waals surface area contributed by atoms with E-state index in [4.69, 9.17) is 10.5 Å². The number of para-hydroxylation sites is 2. The zero-order valence-electron chi connectivity index (χ0n) is 12.0. The fourth-order valence-corrected chi connectivity index (χ4v) is 4.38. The molecule has 1 aromatic rings. The summed E-state index contributed by atoms with van der Waals surface area (Å²) in [5, 5.41) is 0.402. The van der Waals surface area contributed by atoms with Gasteiger partial charge in [0.15, 0.2) is 0 Å². The highest BCUT2D eigenvalue weighted by Crippen LogP contribution is 2.24. The Bertz CT molecular complexity index is 543. The molecule has 1 saturated heterocycles. The number of sulfonamides is 1. The first-order valence-electron chi connectivity index (χ1n) is 7.13. The van der Waals surface area contributed by atoms with Crippen LogP contribution in [0.3, 0.4) is 0 Å². The number of nitrogens with two attached hydrogens (primary N) is 1. The molecule has 118 valence electrons. The van der Waals surface area contributed by atoms with Gasteiger partial charge in [0.1, 0.15) is 12.4 Å². The van der Waals surface area contributed by atoms with E-state index in [9.17, 15) is 8.42 Å². The third-order valence-electron chi connectivity index (χ3n) is 3.33. The average Bonchev–Trinajstić information content (AvgIpc) is 2.48. The third kappa shape index (κ3) is 5.76. The first kappa shape index (κ1) is 16.5. The van der Waals surface area contributed by atoms with E-state index in [0.717, 1.165) is 12.2 Å². The summed E-state index contributed by atoms with van der Waals surface area (Å²) >= 11 is 1.85. The molecule has 3 N–H and O–H groups in total. The molecule has 1 aliphatic rings. The third-order valence-corrected chi connectivity index (χ3v) is 6.04. The van der Waals surface area contributed by atoms with Crippen LogP contribution < -0.4 is 15.2 Å². The molecule has 1 aliphatic heterocycles. The second-order valence-corrected chi connectivity index (χ2v) is 8.38. The van der Waals surface area contributed by atoms with E-state index in [1.165, 1.54) is 12.8 Å². The lowest BCUT2D eigenvalue weighted by molar-refractivity contribution is 0.342. The Morgan fingerprint density at radius 3 is 2.86 bits per heavy atom. The molecule has 0 spiro atoms. The summed E-state index contributed by atoms with van der Waals surface area (Å²) in [7, 11) is -3.29. The maximum atomic E-state index is 11.9. The van der Waals surface area contributed by atoms with Gasteiger partial charge in [-0.1, -0.05) is 18.6 Å². The number of ether oxygens (including phenoxy) is 1. The molecule has 0 radical (unpaired) electrons. The summed E-state index contributed by atoms with van der Waals surface area (Å²) < 4.78 is 31.9. The van der Waals surface area contributed by atoms with Crippen LogP contribution in [-0.4, -0.2) is 38.3 Å². The molecule has 1 fully saturated rings. The number of benzene rings is 1. The molecule has 1 atom stereocenters. The summed E-state index contributed by atoms with van der Waals surface area (Å²) in [5.74, 6) is 1.59. The van der Waals surface area contributed by atoms with E-state index in [0.29, 0.717) is 23.2 Å². The Hall–Kier alpha value is -0.920. The maximum Gasteiger partial charge on any atom is 0.214 e. The Morgan fingerprint density at radius 2 is 2.14 bits per heavy atom. The standard InChI is InChI=1S/C14H22N2O3S2/c15-13-6-1-2-7-14(13)19-8-10-21(17,18)16-11-12-5-3-4-9-20-12/h1-2,6-7,12,16H,3-5,8-11,15H2. The smallest absolute Gasteiger partial charge is 0.214 e. The molecule has 0 amide bonds. The number of anilines is 1. The number of hydrogen-bond donors (Lipinski definition) is 2. The van der Waals surface area contributed by atoms with Crippen molar-refractivity contribution >= 4 is 27.5 Å². The molecule has 0 aliphatic carbocycles. The lowest BCUT2D eigenvalue weighted by Gasteiger charge is -2.21. The van der Waals surface area contributed by atoms with Gasteiger partial charge in [0.2, 0.25) is 10.0 Å². The fourth-order valence-electron chi connectivity index (χ4n) is 2.13. The molecule has 1 aromatic carbocycles. The van der Waals surface area contributed by atoms with Gasteiger partial charge in [0.25, 0.3) is 0 Å². The van der Waals surface area contributed by atoms with Crippen molar-refractivity contribution in [2.75, 3.05) is 30.4 Å². The highest BCUT2D eigenvalue weighted by Gasteiger charge is 2.17. The maximum absolute atomic E-state index is 11.9. The van der Waals surface area contributed by atoms with E-state index in [-0.39, 0.29) is 12.4 Å². The lowest BCUT2D eigenvalue weighted by atomic mass is 10.2. The minimum atomic E-state index is -3.29. The lowest BCUT2D eigenvalue weighted by Crippen LogP contribution is -2.35. The van der Waals surface area contributed by atoms with E-state index in [1.54, 1.807) is 18.2 Å². The quantitative estimate of drug-likeness (QED) is 0.746. The fraction of sp³-hybridized carbons (Fsp3) is 0.571. The molecule has 0 bridgehead atoms. The van der Waals surface area contributed by atoms with Crippen LogP contribution in [-0.2, 0) is 10.0 Å². The Labute approximate surface area is 130 Å². The van der Waals surface area contributed by atoms with E-state index in [1.807, 2.05) is 17.8 Å². The van der Waals surface area contributed by atoms with Gasteiger partial charge in [0, 0.05) is 11.8 Å². The molecule has 7 heteroatoms. The Morgan fingerprint density at radius 1 is 1.33 bits per heavy atom. The summed E-state index contributed by atoms with van der Waals surface area (Å²) in [6.07, 6.45) is 3.51. The van der Waals surface area contributed by atoms with Gasteiger partial charge in [0.05, 0.1) is 11.4 Å². The predicted octanol–water partition coefficient (Wildman–Crippen LogP) is 1.85. The second kappa shape index (κ2) is 7.91. The van der Waals surface area contributed by atoms with Crippen LogP contribution in [0.15, 0.2) is 24.3 Å². The Balaban J connectivity index is 1.72. The van der Waals surface area contributed by atoms with Crippen molar-refractivity contribution in [1.82, 2.24) is 4.72 Å². The zero-order chi connectivity index (χ0) is 15.1. The molecular formula is C14H22N2O3S2. The zero-order valence-corrected chi connectivity index (χ0v) is 13.6. The van der Waals surface area contributed by atoms with Crippen LogP contribution >= 0.6 is 11.8 Å². The summed E-state index contributed by atoms with van der Waals surface area (Å²) in [6.45, 7) is 0.613. The SMILES string of the molecule is Nc1ccccc1OCCS(=O)(=O)NCC1CCCCS1. The summed E-state index contributed by atoms with van der Waals surface area (Å²) in [4.78, 5) is 0. The largest absolute Gasteiger partial charge is 0.490 e. The molecule has 0 saturated carbocycles. The van der Waals surface area contributed by atoms with Crippen LogP contribution in [0.4, 0.5) is 5.69 Å². The minimum absolute atomic E-state index is 0.0568. The molecule has 1 unspecified atom stereocenters. The second-order valence-electron chi connectivity index (χ2n) is 5.04. The molecule has 0 aromatic heterocycles. The van der Waals surface area contributed by atoms with Crippen molar-refractivity contribution in [2.45, 2.75) is 24.5 Å². The van der Waals surface area contributed by atoms with Crippen molar-refractivity contribution < 1.29 is 13.2 Å². The number of nitrogens with one attached hydrogen (secondary N) is 1. The summed E-state index contributed by atoms with van der Waals surface area (Å²) in [5.41, 5.74) is 6.25. The van der Waals surface area contributed by atoms with E-state index in [2.05, 4.69) is 4.72 Å². The van der Waals surface area contributed by atoms with Gasteiger partial charge in [-0.25, -0.2) is 13.1 Å². The van der Waals surface area contributed by atoms with Crippen LogP contribution in [0.5, 0.6) is 5.75 Å². The molecule has 5 nitrogen and oxygen atoms in total. The van der Waals surface area contributed by atoms with Crippen molar-refractivity contribution in [1.29, 1.82) is 0 Å². The first-order chi connectivity index (χ1) is 10.1. The van der Waals surface area contributed by atoms with Gasteiger partial charge in [-0.05, 0) is 30.7 Å². The van der Waals surface area contributed by atoms with Gasteiger partial charge >= 0.3 is 0 Å². The van der Waals surface area contributed by atoms with Crippen molar-refractivity contribution in [3.63, 3.8) is 0 Å². The van der Waals surface area contributed by atoms with Gasteiger partial charge < -0.3 is 10.5 Å². The highest BCUT2D eigenvalue weighted by molar-refractivity contribution is 8.00. The topological polar surface area (TPSA) is 81.4 Å². The average molecular weight is 330 g/mol. The number of nitrogen functional groups attached to an aromatic ring is 1. The van der Waals surface area contributed by atoms with E-state index >= 15 is 0 Å². The van der Waals surface area contributed by atoms with Crippen molar-refractivity contribution in [2.24, 2.45) is 0 Å². The van der Waals surface area contributed by atoms with Gasteiger partial charge in [-0.15, -0.1) is 0 Å². The molecular weight excluding hydrogens is 308 g/mol. The predicted molar refractivity (Wildman–Crippen MR) is 88.2 cm³/mol. The number of thioether (sulfide) groups is 1. The summed E-state index contributed by atoms with van der Waals surface area (Å²) in [6, 6.07) is 7.07. The number of rotatable bonds is 7. The Kier molecular flexibility index (Phi) is 6.20. The molecule has 1 heterocycles. The first-order valence-corrected chi connectivity index (χ1v) is 9.83. The molecule has 21 heavy (non-hydrogen) atoms. The van der Waals surface area contributed by atoms with Gasteiger partial charge in [-0.2, -0.15) is 11.8 Å². The monoisotopic (exact) mass is 330 g/mol. The van der Waals surface area contributed by atoms with Crippen molar-refractivity contribution in [3.8, 4) is 5.75 Å². The van der Waals surface area contributed by atoms with Crippen LogP contribution in [0.25, 0.3) is 0 Å².